The van der Waals surface area contributed by atoms with E-state index in [0.29, 0.717) is 12.8 Å². The van der Waals surface area contributed by atoms with E-state index in [-0.39, 0.29) is 5.91 Å². The lowest BCUT2D eigenvalue weighted by Gasteiger charge is -2.27. The summed E-state index contributed by atoms with van der Waals surface area (Å²) < 4.78 is 1.88. The molecule has 0 aliphatic carbocycles. The minimum atomic E-state index is 0.0195. The van der Waals surface area contributed by atoms with Gasteiger partial charge in [0.25, 0.3) is 0 Å². The number of carbonyl (C=O) groups is 1. The van der Waals surface area contributed by atoms with E-state index in [1.807, 2.05) is 38.4 Å². The predicted molar refractivity (Wildman–Crippen MR) is 132 cm³/mol. The molecule has 33 heavy (non-hydrogen) atoms. The summed E-state index contributed by atoms with van der Waals surface area (Å²) in [4.78, 5) is 24.0. The summed E-state index contributed by atoms with van der Waals surface area (Å²) in [6.45, 7) is 12.3. The van der Waals surface area contributed by atoms with Gasteiger partial charge in [-0.15, -0.1) is 0 Å². The summed E-state index contributed by atoms with van der Waals surface area (Å²) in [5.41, 5.74) is 7.35. The average molecular weight is 447 g/mol. The molecule has 2 aromatic heterocycles. The van der Waals surface area contributed by atoms with E-state index in [2.05, 4.69) is 39.2 Å². The van der Waals surface area contributed by atoms with Crippen LogP contribution in [0.5, 0.6) is 0 Å². The van der Waals surface area contributed by atoms with E-state index >= 15 is 0 Å². The molecule has 7 nitrogen and oxygen atoms in total. The number of piperidine rings is 1. The number of carbonyl (C=O) groups excluding carboxylic acids is 1. The van der Waals surface area contributed by atoms with Crippen LogP contribution in [0.2, 0.25) is 0 Å². The molecular formula is C26H34N6O. The Morgan fingerprint density at radius 1 is 0.939 bits per heavy atom. The van der Waals surface area contributed by atoms with Crippen molar-refractivity contribution in [1.82, 2.24) is 19.7 Å². The number of nitrogens with one attached hydrogen (secondary N) is 1. The summed E-state index contributed by atoms with van der Waals surface area (Å²) >= 11 is 0. The van der Waals surface area contributed by atoms with E-state index < -0.39 is 0 Å². The molecule has 1 aromatic carbocycles. The average Bonchev–Trinajstić information content (AvgIpc) is 3.08. The third-order valence-corrected chi connectivity index (χ3v) is 6.52. The number of amides is 1. The monoisotopic (exact) mass is 446 g/mol. The molecule has 0 radical (unpaired) electrons. The van der Waals surface area contributed by atoms with Gasteiger partial charge in [-0.25, -0.2) is 14.6 Å². The first-order chi connectivity index (χ1) is 15.8. The van der Waals surface area contributed by atoms with E-state index in [9.17, 15) is 4.79 Å². The van der Waals surface area contributed by atoms with Crippen molar-refractivity contribution < 1.29 is 4.79 Å². The quantitative estimate of drug-likeness (QED) is 0.590. The molecule has 0 unspecified atom stereocenters. The molecule has 0 spiro atoms. The molecular weight excluding hydrogens is 412 g/mol. The van der Waals surface area contributed by atoms with Gasteiger partial charge < -0.3 is 10.2 Å². The summed E-state index contributed by atoms with van der Waals surface area (Å²) in [7, 11) is 0. The number of rotatable bonds is 6. The summed E-state index contributed by atoms with van der Waals surface area (Å²) in [6.07, 6.45) is 6.35. The number of nitrogens with zero attached hydrogens (tertiary/aromatic N) is 5. The standard InChI is InChI=1S/C26H34N6O/c1-17-13-18(2)26(19(3)14-17)29-25(33)10-9-22-20(4)30-32(21(22)5)24-15-23(27-16-28-24)31-11-7-6-8-12-31/h13-16H,6-12H2,1-5H3,(H,29,33). The molecule has 3 aromatic rings. The molecule has 1 amide bonds. The molecule has 1 fully saturated rings. The van der Waals surface area contributed by atoms with Gasteiger partial charge in [0, 0.05) is 37.0 Å². The lowest BCUT2D eigenvalue weighted by molar-refractivity contribution is -0.116. The molecule has 0 bridgehead atoms. The molecule has 1 N–H and O–H groups in total. The molecule has 174 valence electrons. The third kappa shape index (κ3) is 5.07. The maximum absolute atomic E-state index is 12.7. The highest BCUT2D eigenvalue weighted by molar-refractivity contribution is 5.92. The van der Waals surface area contributed by atoms with E-state index in [4.69, 9.17) is 5.10 Å². The SMILES string of the molecule is Cc1cc(C)c(NC(=O)CCc2c(C)nn(-c3cc(N4CCCCC4)ncn3)c2C)c(C)c1. The molecule has 1 aliphatic heterocycles. The minimum Gasteiger partial charge on any atom is -0.356 e. The second-order valence-corrected chi connectivity index (χ2v) is 9.17. The number of aromatic nitrogens is 4. The van der Waals surface area contributed by atoms with Crippen molar-refractivity contribution >= 4 is 17.4 Å². The molecule has 7 heteroatoms. The molecule has 0 saturated carbocycles. The highest BCUT2D eigenvalue weighted by Gasteiger charge is 2.18. The van der Waals surface area contributed by atoms with Crippen molar-refractivity contribution in [1.29, 1.82) is 0 Å². The van der Waals surface area contributed by atoms with Gasteiger partial charge in [0.15, 0.2) is 5.82 Å². The van der Waals surface area contributed by atoms with Gasteiger partial charge in [0.2, 0.25) is 5.91 Å². The van der Waals surface area contributed by atoms with Crippen LogP contribution in [-0.4, -0.2) is 38.7 Å². The van der Waals surface area contributed by atoms with E-state index in [1.54, 1.807) is 6.33 Å². The lowest BCUT2D eigenvalue weighted by atomic mass is 10.0. The Balaban J connectivity index is 1.48. The molecule has 4 rings (SSSR count). The van der Waals surface area contributed by atoms with Crippen LogP contribution in [-0.2, 0) is 11.2 Å². The molecule has 1 aliphatic rings. The van der Waals surface area contributed by atoms with Crippen LogP contribution in [0, 0.1) is 34.6 Å². The van der Waals surface area contributed by atoms with Gasteiger partial charge >= 0.3 is 0 Å². The smallest absolute Gasteiger partial charge is 0.224 e. The fourth-order valence-corrected chi connectivity index (χ4v) is 4.83. The number of aryl methyl sites for hydroxylation is 4. The van der Waals surface area contributed by atoms with Gasteiger partial charge in [-0.05, 0) is 77.0 Å². The second kappa shape index (κ2) is 9.73. The first kappa shape index (κ1) is 23.0. The Labute approximate surface area is 196 Å². The van der Waals surface area contributed by atoms with Gasteiger partial charge in [-0.2, -0.15) is 5.10 Å². The Morgan fingerprint density at radius 2 is 1.61 bits per heavy atom. The number of hydrogen-bond acceptors (Lipinski definition) is 5. The zero-order valence-electron chi connectivity index (χ0n) is 20.4. The zero-order chi connectivity index (χ0) is 23.5. The Kier molecular flexibility index (Phi) is 6.77. The second-order valence-electron chi connectivity index (χ2n) is 9.17. The topological polar surface area (TPSA) is 75.9 Å². The van der Waals surface area contributed by atoms with Gasteiger partial charge in [-0.1, -0.05) is 17.7 Å². The Hall–Kier alpha value is -3.22. The van der Waals surface area contributed by atoms with Crippen LogP contribution >= 0.6 is 0 Å². The van der Waals surface area contributed by atoms with Crippen LogP contribution in [0.15, 0.2) is 24.5 Å². The van der Waals surface area contributed by atoms with Gasteiger partial charge in [-0.3, -0.25) is 4.79 Å². The Morgan fingerprint density at radius 3 is 2.30 bits per heavy atom. The maximum atomic E-state index is 12.7. The number of benzene rings is 1. The summed E-state index contributed by atoms with van der Waals surface area (Å²) in [6, 6.07) is 6.21. The van der Waals surface area contributed by atoms with E-state index in [1.165, 1.54) is 24.8 Å². The number of hydrogen-bond donors (Lipinski definition) is 1. The fourth-order valence-electron chi connectivity index (χ4n) is 4.83. The Bertz CT molecular complexity index is 1140. The number of anilines is 2. The fraction of sp³-hybridized carbons (Fsp3) is 0.462. The van der Waals surface area contributed by atoms with Gasteiger partial charge in [0.1, 0.15) is 12.1 Å². The van der Waals surface area contributed by atoms with Crippen molar-refractivity contribution in [2.24, 2.45) is 0 Å². The molecule has 3 heterocycles. The highest BCUT2D eigenvalue weighted by atomic mass is 16.1. The highest BCUT2D eigenvalue weighted by Crippen LogP contribution is 2.24. The van der Waals surface area contributed by atoms with Crippen molar-refractivity contribution in [2.45, 2.75) is 66.7 Å². The van der Waals surface area contributed by atoms with Crippen LogP contribution < -0.4 is 10.2 Å². The van der Waals surface area contributed by atoms with Crippen LogP contribution in [0.25, 0.3) is 5.82 Å². The summed E-state index contributed by atoms with van der Waals surface area (Å²) in [5, 5.41) is 7.85. The minimum absolute atomic E-state index is 0.0195. The summed E-state index contributed by atoms with van der Waals surface area (Å²) in [5.74, 6) is 1.75. The predicted octanol–water partition coefficient (Wildman–Crippen LogP) is 4.77. The maximum Gasteiger partial charge on any atom is 0.224 e. The van der Waals surface area contributed by atoms with Crippen LogP contribution in [0.1, 0.15) is 59.3 Å². The van der Waals surface area contributed by atoms with Crippen LogP contribution in [0.4, 0.5) is 11.5 Å². The first-order valence-corrected chi connectivity index (χ1v) is 11.8. The lowest BCUT2D eigenvalue weighted by Crippen LogP contribution is -2.30. The third-order valence-electron chi connectivity index (χ3n) is 6.52. The van der Waals surface area contributed by atoms with Crippen molar-refractivity contribution in [3.63, 3.8) is 0 Å². The molecule has 0 atom stereocenters. The zero-order valence-corrected chi connectivity index (χ0v) is 20.4. The van der Waals surface area contributed by atoms with Crippen LogP contribution in [0.3, 0.4) is 0 Å². The normalized spacial score (nSPS) is 13.9. The van der Waals surface area contributed by atoms with E-state index in [0.717, 1.165) is 58.5 Å². The van der Waals surface area contributed by atoms with Crippen molar-refractivity contribution in [3.05, 3.63) is 58.2 Å². The molecule has 1 saturated heterocycles. The van der Waals surface area contributed by atoms with Crippen molar-refractivity contribution in [2.75, 3.05) is 23.3 Å². The van der Waals surface area contributed by atoms with Gasteiger partial charge in [0.05, 0.1) is 5.69 Å². The van der Waals surface area contributed by atoms with Crippen molar-refractivity contribution in [3.8, 4) is 5.82 Å². The first-order valence-electron chi connectivity index (χ1n) is 11.8. The largest absolute Gasteiger partial charge is 0.356 e.